The van der Waals surface area contributed by atoms with Gasteiger partial charge in [0.1, 0.15) is 6.04 Å². The third-order valence-corrected chi connectivity index (χ3v) is 2.31. The minimum absolute atomic E-state index is 0.0887. The van der Waals surface area contributed by atoms with Gasteiger partial charge in [-0.3, -0.25) is 4.79 Å². The summed E-state index contributed by atoms with van der Waals surface area (Å²) in [7, 11) is 1.74. The van der Waals surface area contributed by atoms with Gasteiger partial charge >= 0.3 is 0 Å². The third-order valence-electron chi connectivity index (χ3n) is 2.31. The Kier molecular flexibility index (Phi) is 4.26. The van der Waals surface area contributed by atoms with Gasteiger partial charge in [-0.05, 0) is 12.5 Å². The predicted molar refractivity (Wildman–Crippen MR) is 65.8 cm³/mol. The van der Waals surface area contributed by atoms with Gasteiger partial charge in [-0.1, -0.05) is 42.5 Å². The van der Waals surface area contributed by atoms with E-state index in [0.717, 1.165) is 11.1 Å². The number of carbonyl (C=O) groups excluding carboxylic acids is 1. The smallest absolute Gasteiger partial charge is 0.244 e. The van der Waals surface area contributed by atoms with E-state index in [1.165, 1.54) is 0 Å². The van der Waals surface area contributed by atoms with Crippen LogP contribution in [0.1, 0.15) is 18.5 Å². The summed E-state index contributed by atoms with van der Waals surface area (Å²) < 4.78 is 0. The van der Waals surface area contributed by atoms with Crippen molar-refractivity contribution in [2.45, 2.75) is 13.0 Å². The molecule has 16 heavy (non-hydrogen) atoms. The number of hydrogen-bond donors (Lipinski definition) is 1. The van der Waals surface area contributed by atoms with Crippen molar-refractivity contribution in [2.75, 3.05) is 13.6 Å². The molecule has 1 amide bonds. The second kappa shape index (κ2) is 5.47. The van der Waals surface area contributed by atoms with Crippen LogP contribution in [0.25, 0.3) is 0 Å². The number of rotatable bonds is 4. The Balaban J connectivity index is 2.71. The highest BCUT2D eigenvalue weighted by Gasteiger charge is 2.19. The monoisotopic (exact) mass is 218 g/mol. The predicted octanol–water partition coefficient (Wildman–Crippen LogP) is 1.72. The molecule has 1 aromatic carbocycles. The summed E-state index contributed by atoms with van der Waals surface area (Å²) in [6.07, 6.45) is 0. The number of nitrogens with two attached hydrogens (primary N) is 1. The molecule has 0 aromatic heterocycles. The van der Waals surface area contributed by atoms with Gasteiger partial charge in [0.05, 0.1) is 0 Å². The molecule has 0 aliphatic carbocycles. The van der Waals surface area contributed by atoms with Gasteiger partial charge in [0.25, 0.3) is 0 Å². The molecular formula is C13H18N2O. The van der Waals surface area contributed by atoms with Crippen LogP contribution in [-0.4, -0.2) is 24.4 Å². The first-order valence-electron chi connectivity index (χ1n) is 5.22. The highest BCUT2D eigenvalue weighted by Crippen LogP contribution is 2.12. The molecule has 2 N–H and O–H groups in total. The minimum atomic E-state index is -0.592. The van der Waals surface area contributed by atoms with Gasteiger partial charge in [-0.2, -0.15) is 0 Å². The Hall–Kier alpha value is -1.61. The average Bonchev–Trinajstić information content (AvgIpc) is 2.27. The van der Waals surface area contributed by atoms with Gasteiger partial charge in [0.2, 0.25) is 5.91 Å². The molecule has 0 bridgehead atoms. The molecule has 0 aliphatic heterocycles. The summed E-state index contributed by atoms with van der Waals surface area (Å²) in [5, 5.41) is 0. The van der Waals surface area contributed by atoms with Gasteiger partial charge in [-0.15, -0.1) is 0 Å². The molecule has 0 radical (unpaired) electrons. The van der Waals surface area contributed by atoms with E-state index >= 15 is 0 Å². The van der Waals surface area contributed by atoms with E-state index in [1.54, 1.807) is 11.9 Å². The van der Waals surface area contributed by atoms with Crippen molar-refractivity contribution in [2.24, 2.45) is 5.73 Å². The van der Waals surface area contributed by atoms with Crippen LogP contribution in [-0.2, 0) is 4.79 Å². The first-order valence-corrected chi connectivity index (χ1v) is 5.22. The zero-order valence-electron chi connectivity index (χ0n) is 9.81. The average molecular weight is 218 g/mol. The first kappa shape index (κ1) is 12.5. The SMILES string of the molecule is C=C(C)CN(C)C(=O)[C@@H](N)c1ccccc1. The lowest BCUT2D eigenvalue weighted by Crippen LogP contribution is -2.36. The maximum Gasteiger partial charge on any atom is 0.244 e. The molecule has 0 saturated carbocycles. The Morgan fingerprint density at radius 3 is 2.50 bits per heavy atom. The van der Waals surface area contributed by atoms with Crippen LogP contribution in [0.3, 0.4) is 0 Å². The zero-order valence-corrected chi connectivity index (χ0v) is 9.81. The second-order valence-corrected chi connectivity index (χ2v) is 4.04. The normalized spacial score (nSPS) is 11.9. The van der Waals surface area contributed by atoms with Gasteiger partial charge in [0, 0.05) is 13.6 Å². The second-order valence-electron chi connectivity index (χ2n) is 4.04. The Morgan fingerprint density at radius 1 is 1.44 bits per heavy atom. The molecule has 1 aromatic rings. The lowest BCUT2D eigenvalue weighted by Gasteiger charge is -2.21. The van der Waals surface area contributed by atoms with Crippen LogP contribution in [0.15, 0.2) is 42.5 Å². The van der Waals surface area contributed by atoms with Crippen molar-refractivity contribution in [1.82, 2.24) is 4.90 Å². The summed E-state index contributed by atoms with van der Waals surface area (Å²) in [6.45, 7) is 6.20. The van der Waals surface area contributed by atoms with E-state index in [0.29, 0.717) is 6.54 Å². The first-order chi connectivity index (χ1) is 7.52. The molecular weight excluding hydrogens is 200 g/mol. The van der Waals surface area contributed by atoms with E-state index in [4.69, 9.17) is 5.73 Å². The van der Waals surface area contributed by atoms with Crippen molar-refractivity contribution in [3.63, 3.8) is 0 Å². The fraction of sp³-hybridized carbons (Fsp3) is 0.308. The molecule has 0 aliphatic rings. The summed E-state index contributed by atoms with van der Waals surface area (Å²) in [5.41, 5.74) is 7.67. The van der Waals surface area contributed by atoms with E-state index in [-0.39, 0.29) is 5.91 Å². The van der Waals surface area contributed by atoms with Crippen molar-refractivity contribution < 1.29 is 4.79 Å². The number of amides is 1. The highest BCUT2D eigenvalue weighted by atomic mass is 16.2. The summed E-state index contributed by atoms with van der Waals surface area (Å²) in [6, 6.07) is 8.78. The highest BCUT2D eigenvalue weighted by molar-refractivity contribution is 5.83. The Labute approximate surface area is 96.6 Å². The summed E-state index contributed by atoms with van der Waals surface area (Å²) in [5.74, 6) is -0.0887. The topological polar surface area (TPSA) is 46.3 Å². The van der Waals surface area contributed by atoms with Crippen LogP contribution in [0.4, 0.5) is 0 Å². The molecule has 0 fully saturated rings. The minimum Gasteiger partial charge on any atom is -0.340 e. The molecule has 86 valence electrons. The molecule has 0 unspecified atom stereocenters. The largest absolute Gasteiger partial charge is 0.340 e. The number of hydrogen-bond acceptors (Lipinski definition) is 2. The van der Waals surface area contributed by atoms with Gasteiger partial charge in [0.15, 0.2) is 0 Å². The van der Waals surface area contributed by atoms with Crippen molar-refractivity contribution in [1.29, 1.82) is 0 Å². The lowest BCUT2D eigenvalue weighted by atomic mass is 10.1. The van der Waals surface area contributed by atoms with Crippen molar-refractivity contribution in [3.8, 4) is 0 Å². The summed E-state index contributed by atoms with van der Waals surface area (Å²) in [4.78, 5) is 13.5. The quantitative estimate of drug-likeness (QED) is 0.782. The molecule has 0 spiro atoms. The van der Waals surface area contributed by atoms with E-state index < -0.39 is 6.04 Å². The molecule has 3 nitrogen and oxygen atoms in total. The van der Waals surface area contributed by atoms with E-state index in [9.17, 15) is 4.79 Å². The third kappa shape index (κ3) is 3.21. The maximum absolute atomic E-state index is 11.9. The van der Waals surface area contributed by atoms with Crippen LogP contribution >= 0.6 is 0 Å². The molecule has 3 heteroatoms. The molecule has 1 atom stereocenters. The maximum atomic E-state index is 11.9. The van der Waals surface area contributed by atoms with E-state index in [1.807, 2.05) is 37.3 Å². The number of likely N-dealkylation sites (N-methyl/N-ethyl adjacent to an activating group) is 1. The van der Waals surface area contributed by atoms with Crippen LogP contribution in [0.2, 0.25) is 0 Å². The van der Waals surface area contributed by atoms with Crippen LogP contribution in [0, 0.1) is 0 Å². The van der Waals surface area contributed by atoms with Crippen LogP contribution < -0.4 is 5.73 Å². The summed E-state index contributed by atoms with van der Waals surface area (Å²) >= 11 is 0. The van der Waals surface area contributed by atoms with E-state index in [2.05, 4.69) is 6.58 Å². The fourth-order valence-electron chi connectivity index (χ4n) is 1.52. The van der Waals surface area contributed by atoms with Gasteiger partial charge in [-0.25, -0.2) is 0 Å². The zero-order chi connectivity index (χ0) is 12.1. The number of nitrogens with zero attached hydrogens (tertiary/aromatic N) is 1. The molecule has 0 saturated heterocycles. The molecule has 0 heterocycles. The van der Waals surface area contributed by atoms with Crippen molar-refractivity contribution >= 4 is 5.91 Å². The lowest BCUT2D eigenvalue weighted by molar-refractivity contribution is -0.131. The number of carbonyl (C=O) groups is 1. The molecule has 1 rings (SSSR count). The standard InChI is InChI=1S/C13H18N2O/c1-10(2)9-15(3)13(16)12(14)11-7-5-4-6-8-11/h4-8,12H,1,9,14H2,2-3H3/t12-/m0/s1. The van der Waals surface area contributed by atoms with Crippen molar-refractivity contribution in [3.05, 3.63) is 48.0 Å². The number of benzene rings is 1. The Morgan fingerprint density at radius 2 is 2.00 bits per heavy atom. The van der Waals surface area contributed by atoms with Gasteiger partial charge < -0.3 is 10.6 Å². The van der Waals surface area contributed by atoms with Crippen LogP contribution in [0.5, 0.6) is 0 Å². The Bertz CT molecular complexity index is 373. The fourth-order valence-corrected chi connectivity index (χ4v) is 1.52.